The zero-order valence-corrected chi connectivity index (χ0v) is 16.9. The zero-order chi connectivity index (χ0) is 19.7. The number of carbonyl (C=O) groups is 1. The van der Waals surface area contributed by atoms with E-state index in [9.17, 15) is 13.2 Å². The molecule has 2 aliphatic rings. The molecule has 1 N–H and O–H groups in total. The number of aryl methyl sites for hydroxylation is 1. The van der Waals surface area contributed by atoms with Crippen LogP contribution in [0.3, 0.4) is 0 Å². The molecule has 6 heteroatoms. The van der Waals surface area contributed by atoms with E-state index in [0.717, 1.165) is 29.8 Å². The second-order valence-electron chi connectivity index (χ2n) is 7.89. The van der Waals surface area contributed by atoms with Crippen molar-refractivity contribution in [3.05, 3.63) is 59.7 Å². The standard InChI is InChI=1S/C22H26N2O3S/c1-28(26,27)24-13-5-8-18-14-19(11-12-21(18)24)23-22(25)15-20(17-9-10-17)16-6-3-2-4-7-16/h2-4,6-7,11-12,14,17,20H,5,8-10,13,15H2,1H3,(H,23,25). The first-order valence-electron chi connectivity index (χ1n) is 9.87. The van der Waals surface area contributed by atoms with Crippen LogP contribution in [-0.2, 0) is 21.2 Å². The number of nitrogens with zero attached hydrogens (tertiary/aromatic N) is 1. The predicted octanol–water partition coefficient (Wildman–Crippen LogP) is 3.92. The van der Waals surface area contributed by atoms with E-state index in [1.54, 1.807) is 12.1 Å². The fraction of sp³-hybridized carbons (Fsp3) is 0.409. The Balaban J connectivity index is 1.48. The van der Waals surface area contributed by atoms with Gasteiger partial charge in [-0.05, 0) is 66.8 Å². The van der Waals surface area contributed by atoms with Gasteiger partial charge in [-0.15, -0.1) is 0 Å². The smallest absolute Gasteiger partial charge is 0.232 e. The Morgan fingerprint density at radius 2 is 1.93 bits per heavy atom. The van der Waals surface area contributed by atoms with E-state index in [2.05, 4.69) is 17.4 Å². The highest BCUT2D eigenvalue weighted by molar-refractivity contribution is 7.92. The summed E-state index contributed by atoms with van der Waals surface area (Å²) >= 11 is 0. The van der Waals surface area contributed by atoms with Crippen molar-refractivity contribution < 1.29 is 13.2 Å². The minimum absolute atomic E-state index is 0.0106. The van der Waals surface area contributed by atoms with Crippen molar-refractivity contribution in [1.29, 1.82) is 0 Å². The van der Waals surface area contributed by atoms with Crippen LogP contribution in [0.4, 0.5) is 11.4 Å². The van der Waals surface area contributed by atoms with Gasteiger partial charge in [-0.2, -0.15) is 0 Å². The summed E-state index contributed by atoms with van der Waals surface area (Å²) in [5.41, 5.74) is 3.67. The molecule has 5 nitrogen and oxygen atoms in total. The quantitative estimate of drug-likeness (QED) is 0.802. The molecule has 1 heterocycles. The lowest BCUT2D eigenvalue weighted by atomic mass is 9.90. The lowest BCUT2D eigenvalue weighted by Gasteiger charge is -2.29. The van der Waals surface area contributed by atoms with Gasteiger partial charge < -0.3 is 5.32 Å². The molecule has 28 heavy (non-hydrogen) atoms. The topological polar surface area (TPSA) is 66.5 Å². The lowest BCUT2D eigenvalue weighted by Crippen LogP contribution is -2.34. The molecule has 1 atom stereocenters. The van der Waals surface area contributed by atoms with Crippen LogP contribution in [0.25, 0.3) is 0 Å². The van der Waals surface area contributed by atoms with Crippen LogP contribution in [0.15, 0.2) is 48.5 Å². The molecule has 0 saturated heterocycles. The Labute approximate surface area is 166 Å². The highest BCUT2D eigenvalue weighted by Gasteiger charge is 2.33. The molecule has 2 aromatic carbocycles. The second-order valence-corrected chi connectivity index (χ2v) is 9.80. The van der Waals surface area contributed by atoms with Gasteiger partial charge >= 0.3 is 0 Å². The maximum atomic E-state index is 12.7. The lowest BCUT2D eigenvalue weighted by molar-refractivity contribution is -0.116. The van der Waals surface area contributed by atoms with Crippen LogP contribution in [-0.4, -0.2) is 27.1 Å². The molecular formula is C22H26N2O3S. The normalized spacial score (nSPS) is 17.7. The molecule has 1 saturated carbocycles. The zero-order valence-electron chi connectivity index (χ0n) is 16.1. The summed E-state index contributed by atoms with van der Waals surface area (Å²) in [6.45, 7) is 0.512. The third kappa shape index (κ3) is 4.22. The van der Waals surface area contributed by atoms with Gasteiger partial charge in [-0.25, -0.2) is 8.42 Å². The van der Waals surface area contributed by atoms with Crippen molar-refractivity contribution in [3.8, 4) is 0 Å². The Hall–Kier alpha value is -2.34. The molecule has 148 valence electrons. The van der Waals surface area contributed by atoms with Gasteiger partial charge in [0.2, 0.25) is 15.9 Å². The molecule has 0 aromatic heterocycles. The summed E-state index contributed by atoms with van der Waals surface area (Å²) in [5.74, 6) is 0.871. The number of hydrogen-bond donors (Lipinski definition) is 1. The van der Waals surface area contributed by atoms with E-state index in [4.69, 9.17) is 0 Å². The number of nitrogens with one attached hydrogen (secondary N) is 1. The maximum absolute atomic E-state index is 12.7. The second kappa shape index (κ2) is 7.59. The summed E-state index contributed by atoms with van der Waals surface area (Å²) in [5, 5.41) is 3.02. The monoisotopic (exact) mass is 398 g/mol. The maximum Gasteiger partial charge on any atom is 0.232 e. The highest BCUT2D eigenvalue weighted by atomic mass is 32.2. The van der Waals surface area contributed by atoms with Crippen molar-refractivity contribution >= 4 is 27.3 Å². The number of rotatable bonds is 6. The minimum atomic E-state index is -3.28. The van der Waals surface area contributed by atoms with Crippen molar-refractivity contribution in [1.82, 2.24) is 0 Å². The average Bonchev–Trinajstić information content (AvgIpc) is 3.50. The molecule has 1 aliphatic carbocycles. The molecule has 0 radical (unpaired) electrons. The van der Waals surface area contributed by atoms with E-state index in [0.29, 0.717) is 18.9 Å². The third-order valence-corrected chi connectivity index (χ3v) is 6.84. The van der Waals surface area contributed by atoms with Crippen LogP contribution in [0.1, 0.15) is 42.7 Å². The van der Waals surface area contributed by atoms with E-state index < -0.39 is 10.0 Å². The first-order chi connectivity index (χ1) is 13.4. The highest BCUT2D eigenvalue weighted by Crippen LogP contribution is 2.44. The molecule has 1 aliphatic heterocycles. The van der Waals surface area contributed by atoms with Gasteiger partial charge in [0, 0.05) is 18.7 Å². The Morgan fingerprint density at radius 3 is 2.61 bits per heavy atom. The molecule has 1 amide bonds. The minimum Gasteiger partial charge on any atom is -0.326 e. The summed E-state index contributed by atoms with van der Waals surface area (Å²) < 4.78 is 25.4. The van der Waals surface area contributed by atoms with Crippen molar-refractivity contribution in [2.45, 2.75) is 38.0 Å². The number of anilines is 2. The Bertz CT molecular complexity index is 969. The number of fused-ring (bicyclic) bond motifs is 1. The molecular weight excluding hydrogens is 372 g/mol. The van der Waals surface area contributed by atoms with E-state index in [1.165, 1.54) is 29.0 Å². The van der Waals surface area contributed by atoms with Crippen LogP contribution in [0.5, 0.6) is 0 Å². The first kappa shape index (κ1) is 19.0. The number of carbonyl (C=O) groups excluding carboxylic acids is 1. The van der Waals surface area contributed by atoms with Gasteiger partial charge in [-0.3, -0.25) is 9.10 Å². The molecule has 0 spiro atoms. The van der Waals surface area contributed by atoms with Gasteiger partial charge in [0.1, 0.15) is 0 Å². The molecule has 0 bridgehead atoms. The number of amides is 1. The van der Waals surface area contributed by atoms with Crippen molar-refractivity contribution in [3.63, 3.8) is 0 Å². The number of benzene rings is 2. The predicted molar refractivity (Wildman–Crippen MR) is 112 cm³/mol. The first-order valence-corrected chi connectivity index (χ1v) is 11.7. The Morgan fingerprint density at radius 1 is 1.18 bits per heavy atom. The Kier molecular flexibility index (Phi) is 5.15. The van der Waals surface area contributed by atoms with E-state index in [1.807, 2.05) is 24.3 Å². The van der Waals surface area contributed by atoms with Crippen LogP contribution >= 0.6 is 0 Å². The summed E-state index contributed by atoms with van der Waals surface area (Å²) in [6, 6.07) is 15.8. The van der Waals surface area contributed by atoms with Crippen LogP contribution in [0.2, 0.25) is 0 Å². The van der Waals surface area contributed by atoms with E-state index in [-0.39, 0.29) is 11.8 Å². The fourth-order valence-electron chi connectivity index (χ4n) is 4.15. The molecule has 4 rings (SSSR count). The van der Waals surface area contributed by atoms with Crippen LogP contribution in [0, 0.1) is 5.92 Å². The van der Waals surface area contributed by atoms with Gasteiger partial charge in [-0.1, -0.05) is 30.3 Å². The summed E-state index contributed by atoms with van der Waals surface area (Å²) in [7, 11) is -3.28. The third-order valence-electron chi connectivity index (χ3n) is 5.66. The fourth-order valence-corrected chi connectivity index (χ4v) is 5.15. The van der Waals surface area contributed by atoms with Gasteiger partial charge in [0.05, 0.1) is 11.9 Å². The van der Waals surface area contributed by atoms with Crippen LogP contribution < -0.4 is 9.62 Å². The largest absolute Gasteiger partial charge is 0.326 e. The van der Waals surface area contributed by atoms with Gasteiger partial charge in [0.15, 0.2) is 0 Å². The average molecular weight is 399 g/mol. The van der Waals surface area contributed by atoms with Crippen molar-refractivity contribution in [2.75, 3.05) is 22.4 Å². The summed E-state index contributed by atoms with van der Waals surface area (Å²) in [6.07, 6.45) is 5.69. The number of hydrogen-bond acceptors (Lipinski definition) is 3. The molecule has 2 aromatic rings. The molecule has 1 unspecified atom stereocenters. The van der Waals surface area contributed by atoms with Gasteiger partial charge in [0.25, 0.3) is 0 Å². The SMILES string of the molecule is CS(=O)(=O)N1CCCc2cc(NC(=O)CC(c3ccccc3)C3CC3)ccc21. The van der Waals surface area contributed by atoms with Crippen molar-refractivity contribution in [2.24, 2.45) is 5.92 Å². The molecule has 1 fully saturated rings. The van der Waals surface area contributed by atoms with E-state index >= 15 is 0 Å². The summed E-state index contributed by atoms with van der Waals surface area (Å²) in [4.78, 5) is 12.7. The number of sulfonamides is 1.